The lowest BCUT2D eigenvalue weighted by Crippen LogP contribution is -2.08. The van der Waals surface area contributed by atoms with E-state index in [0.717, 1.165) is 18.9 Å². The summed E-state index contributed by atoms with van der Waals surface area (Å²) in [6.07, 6.45) is 5.23. The van der Waals surface area contributed by atoms with Crippen molar-refractivity contribution in [2.45, 2.75) is 24.2 Å². The Kier molecular flexibility index (Phi) is 4.26. The Morgan fingerprint density at radius 2 is 2.20 bits per heavy atom. The van der Waals surface area contributed by atoms with Crippen LogP contribution in [0.2, 0.25) is 0 Å². The lowest BCUT2D eigenvalue weighted by atomic mass is 10.3. The number of fused-ring (bicyclic) bond motifs is 1. The smallest absolute Gasteiger partial charge is 0.191 e. The van der Waals surface area contributed by atoms with Gasteiger partial charge in [0.05, 0.1) is 12.0 Å². The van der Waals surface area contributed by atoms with Crippen LogP contribution in [-0.4, -0.2) is 32.4 Å². The van der Waals surface area contributed by atoms with Crippen molar-refractivity contribution in [2.24, 2.45) is 0 Å². The molecule has 0 aliphatic carbocycles. The molecule has 0 spiro atoms. The van der Waals surface area contributed by atoms with Gasteiger partial charge in [-0.1, -0.05) is 17.8 Å². The van der Waals surface area contributed by atoms with Crippen LogP contribution in [0.25, 0.3) is 11.2 Å². The summed E-state index contributed by atoms with van der Waals surface area (Å²) in [5, 5.41) is 3.34. The Hall–Kier alpha value is -2.26. The Labute approximate surface area is 146 Å². The second-order valence-electron chi connectivity index (χ2n) is 5.58. The van der Waals surface area contributed by atoms with Crippen molar-refractivity contribution in [1.82, 2.24) is 19.5 Å². The molecule has 3 heterocycles. The Balaban J connectivity index is 1.81. The van der Waals surface area contributed by atoms with E-state index in [-0.39, 0.29) is 11.9 Å². The number of ether oxygens (including phenoxy) is 1. The molecule has 2 aromatic heterocycles. The van der Waals surface area contributed by atoms with Gasteiger partial charge in [-0.05, 0) is 31.2 Å². The number of imidazole rings is 1. The van der Waals surface area contributed by atoms with Crippen LogP contribution in [0.5, 0.6) is 0 Å². The first-order chi connectivity index (χ1) is 12.2. The van der Waals surface area contributed by atoms with Crippen LogP contribution < -0.4 is 5.32 Å². The van der Waals surface area contributed by atoms with E-state index < -0.39 is 11.6 Å². The normalized spacial score (nSPS) is 17.3. The molecule has 0 bridgehead atoms. The van der Waals surface area contributed by atoms with Gasteiger partial charge in [-0.15, -0.1) is 0 Å². The third-order valence-corrected chi connectivity index (χ3v) is 4.55. The van der Waals surface area contributed by atoms with Crippen LogP contribution >= 0.6 is 11.8 Å². The zero-order chi connectivity index (χ0) is 17.4. The van der Waals surface area contributed by atoms with Crippen molar-refractivity contribution in [2.75, 3.05) is 18.2 Å². The molecule has 25 heavy (non-hydrogen) atoms. The van der Waals surface area contributed by atoms with Gasteiger partial charge in [0, 0.05) is 6.61 Å². The van der Waals surface area contributed by atoms with Crippen molar-refractivity contribution in [3.05, 3.63) is 36.2 Å². The molecule has 1 atom stereocenters. The van der Waals surface area contributed by atoms with Crippen LogP contribution in [0.15, 0.2) is 29.7 Å². The molecule has 1 aliphatic heterocycles. The van der Waals surface area contributed by atoms with Gasteiger partial charge in [-0.2, -0.15) is 0 Å². The maximum atomic E-state index is 14.0. The lowest BCUT2D eigenvalue weighted by Gasteiger charge is -2.13. The maximum Gasteiger partial charge on any atom is 0.191 e. The second-order valence-corrected chi connectivity index (χ2v) is 6.35. The van der Waals surface area contributed by atoms with Crippen molar-refractivity contribution in [3.63, 3.8) is 0 Å². The average molecular weight is 363 g/mol. The topological polar surface area (TPSA) is 64.9 Å². The number of thioether (sulfide) groups is 1. The number of aromatic nitrogens is 4. The van der Waals surface area contributed by atoms with E-state index in [1.165, 1.54) is 23.9 Å². The predicted molar refractivity (Wildman–Crippen MR) is 91.0 cm³/mol. The molecule has 0 radical (unpaired) electrons. The molecule has 1 N–H and O–H groups in total. The molecular weight excluding hydrogens is 348 g/mol. The molecule has 6 nitrogen and oxygen atoms in total. The summed E-state index contributed by atoms with van der Waals surface area (Å²) in [5.41, 5.74) is 1.08. The summed E-state index contributed by atoms with van der Waals surface area (Å²) in [6, 6.07) is 3.94. The van der Waals surface area contributed by atoms with Crippen LogP contribution in [0.3, 0.4) is 0 Å². The van der Waals surface area contributed by atoms with Gasteiger partial charge >= 0.3 is 0 Å². The number of hydrogen-bond donors (Lipinski definition) is 1. The zero-order valence-corrected chi connectivity index (χ0v) is 14.2. The van der Waals surface area contributed by atoms with Crippen molar-refractivity contribution < 1.29 is 13.5 Å². The van der Waals surface area contributed by atoms with E-state index in [1.54, 1.807) is 6.33 Å². The Morgan fingerprint density at radius 3 is 2.96 bits per heavy atom. The minimum atomic E-state index is -0.960. The number of benzene rings is 1. The van der Waals surface area contributed by atoms with Gasteiger partial charge < -0.3 is 10.1 Å². The highest BCUT2D eigenvalue weighted by Gasteiger charge is 2.22. The van der Waals surface area contributed by atoms with Gasteiger partial charge in [-0.3, -0.25) is 4.57 Å². The van der Waals surface area contributed by atoms with Crippen LogP contribution in [0.1, 0.15) is 19.1 Å². The van der Waals surface area contributed by atoms with Crippen LogP contribution in [0, 0.1) is 11.6 Å². The first kappa shape index (κ1) is 16.2. The number of anilines is 2. The monoisotopic (exact) mass is 363 g/mol. The maximum absolute atomic E-state index is 14.0. The second kappa shape index (κ2) is 6.57. The van der Waals surface area contributed by atoms with Crippen molar-refractivity contribution in [3.8, 4) is 0 Å². The highest BCUT2D eigenvalue weighted by Crippen LogP contribution is 2.31. The third-order valence-electron chi connectivity index (χ3n) is 4.00. The fraction of sp³-hybridized carbons (Fsp3) is 0.312. The number of rotatable bonds is 4. The molecule has 0 amide bonds. The van der Waals surface area contributed by atoms with Gasteiger partial charge in [0.1, 0.15) is 6.23 Å². The third kappa shape index (κ3) is 2.93. The molecule has 1 fully saturated rings. The summed E-state index contributed by atoms with van der Waals surface area (Å²) in [6.45, 7) is 0.699. The highest BCUT2D eigenvalue weighted by atomic mass is 32.2. The minimum absolute atomic E-state index is 0.00119. The van der Waals surface area contributed by atoms with Gasteiger partial charge in [-0.25, -0.2) is 23.7 Å². The lowest BCUT2D eigenvalue weighted by molar-refractivity contribution is 0.0592. The fourth-order valence-electron chi connectivity index (χ4n) is 2.79. The molecule has 1 aliphatic rings. The van der Waals surface area contributed by atoms with Crippen LogP contribution in [0.4, 0.5) is 20.3 Å². The Bertz CT molecular complexity index is 926. The van der Waals surface area contributed by atoms with Crippen molar-refractivity contribution in [1.29, 1.82) is 0 Å². The number of hydrogen-bond acceptors (Lipinski definition) is 6. The summed E-state index contributed by atoms with van der Waals surface area (Å²) in [5.74, 6) is -1.56. The molecule has 4 rings (SSSR count). The minimum Gasteiger partial charge on any atom is -0.358 e. The average Bonchev–Trinajstić information content (AvgIpc) is 3.27. The first-order valence-corrected chi connectivity index (χ1v) is 9.01. The SMILES string of the molecule is CSc1nc(Nc2cccc(F)c2F)c2ncn(C3CCCO3)c2n1. The van der Waals surface area contributed by atoms with Gasteiger partial charge in [0.2, 0.25) is 0 Å². The van der Waals surface area contributed by atoms with Gasteiger partial charge in [0.15, 0.2) is 33.8 Å². The molecule has 1 saturated heterocycles. The van der Waals surface area contributed by atoms with Gasteiger partial charge in [0.25, 0.3) is 0 Å². The van der Waals surface area contributed by atoms with E-state index >= 15 is 0 Å². The highest BCUT2D eigenvalue weighted by molar-refractivity contribution is 7.98. The predicted octanol–water partition coefficient (Wildman–Crippen LogP) is 3.88. The summed E-state index contributed by atoms with van der Waals surface area (Å²) < 4.78 is 35.0. The van der Waals surface area contributed by atoms with Crippen LogP contribution in [-0.2, 0) is 4.74 Å². The largest absolute Gasteiger partial charge is 0.358 e. The van der Waals surface area contributed by atoms with E-state index in [2.05, 4.69) is 20.3 Å². The molecule has 1 aromatic carbocycles. The molecule has 3 aromatic rings. The van der Waals surface area contributed by atoms with Crippen molar-refractivity contribution >= 4 is 34.4 Å². The standard InChI is InChI=1S/C16H15F2N5OS/c1-25-16-21-14(20-10-5-2-4-9(17)12(10)18)13-15(22-16)23(8-19-13)11-6-3-7-24-11/h2,4-5,8,11H,3,6-7H2,1H3,(H,20,21,22). The number of nitrogens with one attached hydrogen (secondary N) is 1. The molecule has 9 heteroatoms. The summed E-state index contributed by atoms with van der Waals surface area (Å²) in [7, 11) is 0. The fourth-order valence-corrected chi connectivity index (χ4v) is 3.15. The number of nitrogens with zero attached hydrogens (tertiary/aromatic N) is 4. The molecular formula is C16H15F2N5OS. The molecule has 130 valence electrons. The quantitative estimate of drug-likeness (QED) is 0.561. The van der Waals surface area contributed by atoms with E-state index in [0.29, 0.717) is 28.7 Å². The first-order valence-electron chi connectivity index (χ1n) is 7.78. The zero-order valence-electron chi connectivity index (χ0n) is 13.4. The summed E-state index contributed by atoms with van der Waals surface area (Å²) >= 11 is 1.36. The summed E-state index contributed by atoms with van der Waals surface area (Å²) in [4.78, 5) is 13.2. The van der Waals surface area contributed by atoms with E-state index in [9.17, 15) is 8.78 Å². The number of halogens is 2. The van der Waals surface area contributed by atoms with E-state index in [1.807, 2.05) is 10.8 Å². The molecule has 0 saturated carbocycles. The molecule has 1 unspecified atom stereocenters. The Morgan fingerprint density at radius 1 is 1.32 bits per heavy atom. The van der Waals surface area contributed by atoms with E-state index in [4.69, 9.17) is 4.74 Å².